The van der Waals surface area contributed by atoms with Gasteiger partial charge in [0.1, 0.15) is 0 Å². The number of amides is 1. The highest BCUT2D eigenvalue weighted by Gasteiger charge is 1.99. The third-order valence-corrected chi connectivity index (χ3v) is 2.77. The van der Waals surface area contributed by atoms with Crippen molar-refractivity contribution in [3.63, 3.8) is 0 Å². The molecule has 1 heterocycles. The van der Waals surface area contributed by atoms with Crippen molar-refractivity contribution in [2.45, 2.75) is 6.42 Å². The molecule has 6 heteroatoms. The predicted octanol–water partition coefficient (Wildman–Crippen LogP) is 0.946. The number of aromatic nitrogens is 2. The Bertz CT molecular complexity index is 604. The molecule has 0 saturated heterocycles. The predicted molar refractivity (Wildman–Crippen MR) is 79.6 cm³/mol. The lowest BCUT2D eigenvalue weighted by atomic mass is 10.1. The van der Waals surface area contributed by atoms with Gasteiger partial charge in [0.2, 0.25) is 5.91 Å². The Labute approximate surface area is 116 Å². The van der Waals surface area contributed by atoms with E-state index in [-0.39, 0.29) is 5.91 Å². The molecule has 0 atom stereocenters. The maximum absolute atomic E-state index is 11.6. The topological polar surface area (TPSA) is 110 Å². The summed E-state index contributed by atoms with van der Waals surface area (Å²) in [6.07, 6.45) is 7.14. The quantitative estimate of drug-likeness (QED) is 0.479. The highest BCUT2D eigenvalue weighted by Crippen LogP contribution is 2.16. The second-order valence-electron chi connectivity index (χ2n) is 4.34. The second kappa shape index (κ2) is 6.42. The summed E-state index contributed by atoms with van der Waals surface area (Å²) in [6, 6.07) is 5.16. The standard InChI is InChI=1S/C14H17N5O/c15-11-2-3-13(16)10(7-11)1-4-14(20)18-6-5-12-8-17-9-19-12/h1-4,7-9H,5-6,15-16H2,(H,17,19)(H,18,20). The fourth-order valence-electron chi connectivity index (χ4n) is 1.70. The molecular weight excluding hydrogens is 254 g/mol. The maximum atomic E-state index is 11.6. The van der Waals surface area contributed by atoms with Gasteiger partial charge in [-0.15, -0.1) is 0 Å². The van der Waals surface area contributed by atoms with Gasteiger partial charge in [-0.2, -0.15) is 0 Å². The van der Waals surface area contributed by atoms with Crippen LogP contribution >= 0.6 is 0 Å². The molecule has 1 amide bonds. The number of carbonyl (C=O) groups excluding carboxylic acids is 1. The number of aromatic amines is 1. The summed E-state index contributed by atoms with van der Waals surface area (Å²) in [5.41, 5.74) is 14.4. The molecule has 0 unspecified atom stereocenters. The van der Waals surface area contributed by atoms with Crippen LogP contribution in [0.15, 0.2) is 36.8 Å². The zero-order valence-electron chi connectivity index (χ0n) is 11.0. The summed E-state index contributed by atoms with van der Waals surface area (Å²) in [4.78, 5) is 18.5. The van der Waals surface area contributed by atoms with Crippen molar-refractivity contribution in [3.8, 4) is 0 Å². The van der Waals surface area contributed by atoms with E-state index in [4.69, 9.17) is 11.5 Å². The zero-order chi connectivity index (χ0) is 14.4. The van der Waals surface area contributed by atoms with Crippen LogP contribution in [0.1, 0.15) is 11.3 Å². The van der Waals surface area contributed by atoms with Crippen molar-refractivity contribution in [1.29, 1.82) is 0 Å². The van der Waals surface area contributed by atoms with Gasteiger partial charge in [0.15, 0.2) is 0 Å². The van der Waals surface area contributed by atoms with Gasteiger partial charge in [-0.3, -0.25) is 4.79 Å². The number of nitrogen functional groups attached to an aromatic ring is 2. The minimum Gasteiger partial charge on any atom is -0.399 e. The lowest BCUT2D eigenvalue weighted by molar-refractivity contribution is -0.116. The third-order valence-electron chi connectivity index (χ3n) is 2.77. The maximum Gasteiger partial charge on any atom is 0.244 e. The van der Waals surface area contributed by atoms with Crippen LogP contribution < -0.4 is 16.8 Å². The first-order valence-electron chi connectivity index (χ1n) is 6.23. The number of rotatable bonds is 5. The minimum absolute atomic E-state index is 0.175. The molecule has 104 valence electrons. The van der Waals surface area contributed by atoms with Crippen LogP contribution in [0.4, 0.5) is 11.4 Å². The second-order valence-corrected chi connectivity index (χ2v) is 4.34. The Morgan fingerprint density at radius 1 is 1.40 bits per heavy atom. The molecule has 6 N–H and O–H groups in total. The largest absolute Gasteiger partial charge is 0.399 e. The molecule has 1 aromatic carbocycles. The number of benzene rings is 1. The number of carbonyl (C=O) groups is 1. The number of nitrogens with two attached hydrogens (primary N) is 2. The van der Waals surface area contributed by atoms with Gasteiger partial charge in [-0.25, -0.2) is 4.98 Å². The van der Waals surface area contributed by atoms with Crippen molar-refractivity contribution in [1.82, 2.24) is 15.3 Å². The molecule has 0 aliphatic rings. The van der Waals surface area contributed by atoms with Crippen molar-refractivity contribution in [2.24, 2.45) is 0 Å². The molecule has 2 aromatic rings. The summed E-state index contributed by atoms with van der Waals surface area (Å²) in [7, 11) is 0. The molecule has 0 bridgehead atoms. The molecule has 0 radical (unpaired) electrons. The Balaban J connectivity index is 1.84. The summed E-state index contributed by atoms with van der Waals surface area (Å²) < 4.78 is 0. The first-order chi connectivity index (χ1) is 9.65. The summed E-state index contributed by atoms with van der Waals surface area (Å²) in [5.74, 6) is -0.175. The molecule has 6 nitrogen and oxygen atoms in total. The van der Waals surface area contributed by atoms with Crippen LogP contribution in [-0.2, 0) is 11.2 Å². The van der Waals surface area contributed by atoms with Gasteiger partial charge in [-0.05, 0) is 29.8 Å². The smallest absolute Gasteiger partial charge is 0.244 e. The van der Waals surface area contributed by atoms with E-state index in [0.717, 1.165) is 11.3 Å². The van der Waals surface area contributed by atoms with Gasteiger partial charge in [0.25, 0.3) is 0 Å². The molecule has 0 saturated carbocycles. The number of H-pyrrole nitrogens is 1. The van der Waals surface area contributed by atoms with E-state index in [1.54, 1.807) is 36.8 Å². The average Bonchev–Trinajstić information content (AvgIpc) is 2.93. The lowest BCUT2D eigenvalue weighted by Gasteiger charge is -2.02. The van der Waals surface area contributed by atoms with Gasteiger partial charge >= 0.3 is 0 Å². The van der Waals surface area contributed by atoms with Crippen molar-refractivity contribution in [3.05, 3.63) is 48.1 Å². The van der Waals surface area contributed by atoms with E-state index in [1.165, 1.54) is 6.08 Å². The Kier molecular flexibility index (Phi) is 4.39. The van der Waals surface area contributed by atoms with E-state index in [9.17, 15) is 4.79 Å². The lowest BCUT2D eigenvalue weighted by Crippen LogP contribution is -2.23. The number of hydrogen-bond donors (Lipinski definition) is 4. The monoisotopic (exact) mass is 271 g/mol. The minimum atomic E-state index is -0.175. The Morgan fingerprint density at radius 3 is 3.00 bits per heavy atom. The van der Waals surface area contributed by atoms with Gasteiger partial charge in [0, 0.05) is 42.3 Å². The molecule has 0 fully saturated rings. The molecule has 1 aromatic heterocycles. The van der Waals surface area contributed by atoms with Crippen LogP contribution in [-0.4, -0.2) is 22.4 Å². The number of imidazole rings is 1. The van der Waals surface area contributed by atoms with Crippen molar-refractivity contribution >= 4 is 23.4 Å². The fraction of sp³-hybridized carbons (Fsp3) is 0.143. The zero-order valence-corrected chi connectivity index (χ0v) is 11.0. The van der Waals surface area contributed by atoms with Crippen LogP contribution in [0.2, 0.25) is 0 Å². The van der Waals surface area contributed by atoms with E-state index in [1.807, 2.05) is 0 Å². The summed E-state index contributed by atoms with van der Waals surface area (Å²) >= 11 is 0. The van der Waals surface area contributed by atoms with Gasteiger partial charge in [0.05, 0.1) is 6.33 Å². The third kappa shape index (κ3) is 3.88. The molecule has 0 aliphatic carbocycles. The molecule has 20 heavy (non-hydrogen) atoms. The van der Waals surface area contributed by atoms with Crippen LogP contribution in [0.25, 0.3) is 6.08 Å². The Hall–Kier alpha value is -2.76. The van der Waals surface area contributed by atoms with Crippen LogP contribution in [0.5, 0.6) is 0 Å². The van der Waals surface area contributed by atoms with Crippen LogP contribution in [0, 0.1) is 0 Å². The van der Waals surface area contributed by atoms with Crippen molar-refractivity contribution < 1.29 is 4.79 Å². The first kappa shape index (κ1) is 13.7. The van der Waals surface area contributed by atoms with E-state index >= 15 is 0 Å². The summed E-state index contributed by atoms with van der Waals surface area (Å²) in [6.45, 7) is 0.539. The number of hydrogen-bond acceptors (Lipinski definition) is 4. The number of nitrogens with zero attached hydrogens (tertiary/aromatic N) is 1. The average molecular weight is 271 g/mol. The summed E-state index contributed by atoms with van der Waals surface area (Å²) in [5, 5.41) is 2.78. The molecule has 0 aliphatic heterocycles. The number of nitrogens with one attached hydrogen (secondary N) is 2. The van der Waals surface area contributed by atoms with Gasteiger partial charge in [-0.1, -0.05) is 0 Å². The SMILES string of the molecule is Nc1ccc(N)c(C=CC(=O)NCCc2cnc[nH]2)c1. The van der Waals surface area contributed by atoms with Crippen molar-refractivity contribution in [2.75, 3.05) is 18.0 Å². The molecular formula is C14H17N5O. The highest BCUT2D eigenvalue weighted by atomic mass is 16.1. The molecule has 2 rings (SSSR count). The number of anilines is 2. The normalized spacial score (nSPS) is 10.8. The Morgan fingerprint density at radius 2 is 2.25 bits per heavy atom. The van der Waals surface area contributed by atoms with Gasteiger partial charge < -0.3 is 21.8 Å². The van der Waals surface area contributed by atoms with Crippen LogP contribution in [0.3, 0.4) is 0 Å². The van der Waals surface area contributed by atoms with E-state index < -0.39 is 0 Å². The first-order valence-corrected chi connectivity index (χ1v) is 6.23. The highest BCUT2D eigenvalue weighted by molar-refractivity contribution is 5.92. The van der Waals surface area contributed by atoms with E-state index in [2.05, 4.69) is 15.3 Å². The fourth-order valence-corrected chi connectivity index (χ4v) is 1.70. The van der Waals surface area contributed by atoms with E-state index in [0.29, 0.717) is 24.3 Å². The molecule has 0 spiro atoms.